The molecule has 1 saturated heterocycles. The van der Waals surface area contributed by atoms with E-state index in [1.54, 1.807) is 13.0 Å². The van der Waals surface area contributed by atoms with Crippen molar-refractivity contribution in [3.8, 4) is 0 Å². The fourth-order valence-electron chi connectivity index (χ4n) is 2.65. The summed E-state index contributed by atoms with van der Waals surface area (Å²) in [6, 6.07) is 4.38. The van der Waals surface area contributed by atoms with Gasteiger partial charge in [0, 0.05) is 37.1 Å². The summed E-state index contributed by atoms with van der Waals surface area (Å²) in [6.45, 7) is 1.99. The molecule has 0 bridgehead atoms. The first-order chi connectivity index (χ1) is 9.91. The van der Waals surface area contributed by atoms with E-state index in [9.17, 15) is 17.6 Å². The van der Waals surface area contributed by atoms with Crippen LogP contribution in [0.25, 0.3) is 10.9 Å². The second kappa shape index (κ2) is 4.92. The van der Waals surface area contributed by atoms with Gasteiger partial charge in [-0.3, -0.25) is 4.79 Å². The molecule has 0 saturated carbocycles. The lowest BCUT2D eigenvalue weighted by molar-refractivity contribution is -0.124. The number of H-pyrrole nitrogens is 1. The zero-order valence-corrected chi connectivity index (χ0v) is 12.3. The summed E-state index contributed by atoms with van der Waals surface area (Å²) in [6.07, 6.45) is 1.51. The second-order valence-electron chi connectivity index (χ2n) is 5.30. The molecule has 2 aromatic rings. The van der Waals surface area contributed by atoms with Crippen molar-refractivity contribution in [1.82, 2.24) is 9.29 Å². The Morgan fingerprint density at radius 1 is 1.38 bits per heavy atom. The zero-order valence-electron chi connectivity index (χ0n) is 11.5. The first-order valence-electron chi connectivity index (χ1n) is 6.69. The van der Waals surface area contributed by atoms with Crippen LogP contribution in [0.2, 0.25) is 0 Å². The van der Waals surface area contributed by atoms with Crippen LogP contribution < -0.4 is 0 Å². The minimum atomic E-state index is -3.81. The first-order valence-corrected chi connectivity index (χ1v) is 8.13. The smallest absolute Gasteiger partial charge is 0.245 e. The standard InChI is InChI=1S/C14H15FN2O3S/c1-9-8-17(6-5-12(9)18)21(19,20)13-7-16-11-4-2-3-10(15)14(11)13/h2-4,7,9,16H,5-6,8H2,1H3. The topological polar surface area (TPSA) is 70.2 Å². The van der Waals surface area contributed by atoms with Crippen molar-refractivity contribution >= 4 is 26.7 Å². The number of Topliss-reactive ketones (excluding diaryl/α,β-unsaturated/α-hetero) is 1. The van der Waals surface area contributed by atoms with Crippen LogP contribution in [-0.4, -0.2) is 36.6 Å². The van der Waals surface area contributed by atoms with E-state index in [0.717, 1.165) is 0 Å². The number of piperidine rings is 1. The number of nitrogens with zero attached hydrogens (tertiary/aromatic N) is 1. The van der Waals surface area contributed by atoms with Gasteiger partial charge >= 0.3 is 0 Å². The molecule has 1 aromatic heterocycles. The van der Waals surface area contributed by atoms with Crippen molar-refractivity contribution in [1.29, 1.82) is 0 Å². The number of aromatic amines is 1. The van der Waals surface area contributed by atoms with Gasteiger partial charge in [-0.2, -0.15) is 4.31 Å². The highest BCUT2D eigenvalue weighted by atomic mass is 32.2. The molecule has 1 atom stereocenters. The average molecular weight is 310 g/mol. The number of hydrogen-bond donors (Lipinski definition) is 1. The van der Waals surface area contributed by atoms with E-state index in [4.69, 9.17) is 0 Å². The van der Waals surface area contributed by atoms with Crippen molar-refractivity contribution in [3.63, 3.8) is 0 Å². The zero-order chi connectivity index (χ0) is 15.2. The minimum Gasteiger partial charge on any atom is -0.360 e. The summed E-state index contributed by atoms with van der Waals surface area (Å²) < 4.78 is 40.6. The van der Waals surface area contributed by atoms with Crippen LogP contribution in [0.3, 0.4) is 0 Å². The maximum absolute atomic E-state index is 14.0. The fourth-order valence-corrected chi connectivity index (χ4v) is 4.35. The summed E-state index contributed by atoms with van der Waals surface area (Å²) in [7, 11) is -3.81. The molecule has 7 heteroatoms. The lowest BCUT2D eigenvalue weighted by Gasteiger charge is -2.28. The van der Waals surface area contributed by atoms with E-state index >= 15 is 0 Å². The molecule has 1 N–H and O–H groups in total. The lowest BCUT2D eigenvalue weighted by atomic mass is 10.0. The molecule has 5 nitrogen and oxygen atoms in total. The maximum Gasteiger partial charge on any atom is 0.245 e. The monoisotopic (exact) mass is 310 g/mol. The largest absolute Gasteiger partial charge is 0.360 e. The van der Waals surface area contributed by atoms with Gasteiger partial charge in [-0.05, 0) is 12.1 Å². The van der Waals surface area contributed by atoms with Crippen molar-refractivity contribution in [2.75, 3.05) is 13.1 Å². The van der Waals surface area contributed by atoms with E-state index in [1.165, 1.54) is 22.6 Å². The highest BCUT2D eigenvalue weighted by molar-refractivity contribution is 7.89. The van der Waals surface area contributed by atoms with Gasteiger partial charge in [0.2, 0.25) is 10.0 Å². The van der Waals surface area contributed by atoms with E-state index in [2.05, 4.69) is 4.98 Å². The third-order valence-electron chi connectivity index (χ3n) is 3.87. The van der Waals surface area contributed by atoms with Gasteiger partial charge < -0.3 is 4.98 Å². The van der Waals surface area contributed by atoms with Crippen LogP contribution in [-0.2, 0) is 14.8 Å². The predicted octanol–water partition coefficient (Wildman–Crippen LogP) is 1.91. The lowest BCUT2D eigenvalue weighted by Crippen LogP contribution is -2.43. The molecule has 112 valence electrons. The summed E-state index contributed by atoms with van der Waals surface area (Å²) in [4.78, 5) is 14.2. The number of sulfonamides is 1. The number of rotatable bonds is 2. The van der Waals surface area contributed by atoms with E-state index in [0.29, 0.717) is 5.52 Å². The number of nitrogens with one attached hydrogen (secondary N) is 1. The summed E-state index contributed by atoms with van der Waals surface area (Å²) in [5, 5.41) is 0.0713. The van der Waals surface area contributed by atoms with E-state index < -0.39 is 15.8 Å². The Labute approximate surface area is 121 Å². The summed E-state index contributed by atoms with van der Waals surface area (Å²) >= 11 is 0. The number of ketones is 1. The minimum absolute atomic E-state index is 0.0616. The number of fused-ring (bicyclic) bond motifs is 1. The van der Waals surface area contributed by atoms with E-state index in [-0.39, 0.29) is 41.5 Å². The highest BCUT2D eigenvalue weighted by Gasteiger charge is 2.34. The van der Waals surface area contributed by atoms with Crippen LogP contribution in [0.4, 0.5) is 4.39 Å². The Hall–Kier alpha value is -1.73. The van der Waals surface area contributed by atoms with Gasteiger partial charge in [0.05, 0.1) is 5.39 Å². The van der Waals surface area contributed by atoms with Gasteiger partial charge in [-0.15, -0.1) is 0 Å². The Morgan fingerprint density at radius 2 is 2.14 bits per heavy atom. The number of carbonyl (C=O) groups is 1. The van der Waals surface area contributed by atoms with Crippen molar-refractivity contribution in [2.24, 2.45) is 5.92 Å². The van der Waals surface area contributed by atoms with Crippen molar-refractivity contribution in [3.05, 3.63) is 30.2 Å². The summed E-state index contributed by atoms with van der Waals surface area (Å²) in [5.74, 6) is -0.844. The van der Waals surface area contributed by atoms with Crippen LogP contribution in [0.5, 0.6) is 0 Å². The molecule has 0 radical (unpaired) electrons. The molecule has 3 rings (SSSR count). The Morgan fingerprint density at radius 3 is 2.86 bits per heavy atom. The third-order valence-corrected chi connectivity index (χ3v) is 5.76. The molecule has 1 aliphatic rings. The Balaban J connectivity index is 2.07. The van der Waals surface area contributed by atoms with Gasteiger partial charge in [-0.1, -0.05) is 13.0 Å². The van der Waals surface area contributed by atoms with Gasteiger partial charge in [0.25, 0.3) is 0 Å². The molecule has 0 spiro atoms. The molecule has 1 aromatic carbocycles. The van der Waals surface area contributed by atoms with Gasteiger partial charge in [0.15, 0.2) is 0 Å². The van der Waals surface area contributed by atoms with Gasteiger partial charge in [0.1, 0.15) is 16.5 Å². The number of aromatic nitrogens is 1. The van der Waals surface area contributed by atoms with Crippen LogP contribution in [0, 0.1) is 11.7 Å². The molecule has 1 aliphatic heterocycles. The molecule has 0 amide bonds. The molecular weight excluding hydrogens is 295 g/mol. The first kappa shape index (κ1) is 14.2. The second-order valence-corrected chi connectivity index (χ2v) is 7.20. The Kier molecular flexibility index (Phi) is 3.33. The molecule has 1 fully saturated rings. The van der Waals surface area contributed by atoms with Crippen LogP contribution >= 0.6 is 0 Å². The van der Waals surface area contributed by atoms with Crippen LogP contribution in [0.15, 0.2) is 29.3 Å². The molecule has 1 unspecified atom stereocenters. The number of carbonyl (C=O) groups excluding carboxylic acids is 1. The highest BCUT2D eigenvalue weighted by Crippen LogP contribution is 2.29. The number of benzene rings is 1. The third kappa shape index (κ3) is 2.26. The maximum atomic E-state index is 14.0. The molecular formula is C14H15FN2O3S. The molecule has 21 heavy (non-hydrogen) atoms. The van der Waals surface area contributed by atoms with Crippen molar-refractivity contribution in [2.45, 2.75) is 18.2 Å². The SMILES string of the molecule is CC1CN(S(=O)(=O)c2c[nH]c3cccc(F)c23)CCC1=O. The van der Waals surface area contributed by atoms with Crippen molar-refractivity contribution < 1.29 is 17.6 Å². The van der Waals surface area contributed by atoms with Gasteiger partial charge in [-0.25, -0.2) is 12.8 Å². The summed E-state index contributed by atoms with van der Waals surface area (Å²) in [5.41, 5.74) is 0.440. The quantitative estimate of drug-likeness (QED) is 0.921. The van der Waals surface area contributed by atoms with E-state index in [1.807, 2.05) is 0 Å². The normalized spacial score (nSPS) is 21.0. The average Bonchev–Trinajstić information content (AvgIpc) is 2.88. The number of halogens is 1. The predicted molar refractivity (Wildman–Crippen MR) is 75.8 cm³/mol. The Bertz CT molecular complexity index is 813. The van der Waals surface area contributed by atoms with Crippen LogP contribution in [0.1, 0.15) is 13.3 Å². The molecule has 0 aliphatic carbocycles. The molecule has 2 heterocycles. The fraction of sp³-hybridized carbons (Fsp3) is 0.357. The number of hydrogen-bond acceptors (Lipinski definition) is 3.